The Balaban J connectivity index is 1.64. The lowest BCUT2D eigenvalue weighted by Crippen LogP contribution is -2.45. The third-order valence-electron chi connectivity index (χ3n) is 4.52. The average molecular weight is 344 g/mol. The third-order valence-corrected chi connectivity index (χ3v) is 4.52. The topological polar surface area (TPSA) is 106 Å². The van der Waals surface area contributed by atoms with Gasteiger partial charge >= 0.3 is 5.97 Å². The first-order valence-electron chi connectivity index (χ1n) is 8.12. The first-order valence-corrected chi connectivity index (χ1v) is 8.12. The minimum absolute atomic E-state index is 0.0678. The maximum Gasteiger partial charge on any atom is 0.358 e. The molecule has 1 aliphatic heterocycles. The number of nitrogens with one attached hydrogen (secondary N) is 1. The summed E-state index contributed by atoms with van der Waals surface area (Å²) >= 11 is 0. The van der Waals surface area contributed by atoms with Crippen molar-refractivity contribution in [2.45, 2.75) is 24.8 Å². The van der Waals surface area contributed by atoms with Crippen LogP contribution in [0, 0.1) is 0 Å². The van der Waals surface area contributed by atoms with E-state index in [-0.39, 0.29) is 23.6 Å². The number of nitrogens with zero attached hydrogens (tertiary/aromatic N) is 3. The molecule has 132 valence electrons. The van der Waals surface area contributed by atoms with Crippen LogP contribution in [0.25, 0.3) is 0 Å². The largest absolute Gasteiger partial charge is 0.476 e. The molecule has 0 spiro atoms. The SMILES string of the molecule is O=C(Cn1cc(C(=O)O)nn1)NCC1(c2ccccc2)CCOCC1. The maximum absolute atomic E-state index is 12.2. The van der Waals surface area contributed by atoms with Crippen molar-refractivity contribution in [3.8, 4) is 0 Å². The molecule has 3 rings (SSSR count). The van der Waals surface area contributed by atoms with E-state index in [1.54, 1.807) is 0 Å². The summed E-state index contributed by atoms with van der Waals surface area (Å²) in [5, 5.41) is 18.9. The van der Waals surface area contributed by atoms with Gasteiger partial charge < -0.3 is 15.2 Å². The minimum atomic E-state index is -1.17. The van der Waals surface area contributed by atoms with Gasteiger partial charge in [-0.25, -0.2) is 9.48 Å². The number of amides is 1. The molecule has 1 saturated heterocycles. The number of hydrogen-bond donors (Lipinski definition) is 2. The maximum atomic E-state index is 12.2. The number of rotatable bonds is 6. The van der Waals surface area contributed by atoms with Gasteiger partial charge in [0.05, 0.1) is 6.20 Å². The summed E-state index contributed by atoms with van der Waals surface area (Å²) < 4.78 is 6.70. The van der Waals surface area contributed by atoms with Crippen molar-refractivity contribution in [3.63, 3.8) is 0 Å². The Bertz CT molecular complexity index is 738. The van der Waals surface area contributed by atoms with E-state index in [0.717, 1.165) is 12.8 Å². The number of carboxylic acids is 1. The molecule has 2 aromatic rings. The van der Waals surface area contributed by atoms with Crippen LogP contribution in [-0.4, -0.2) is 51.7 Å². The number of aromatic carboxylic acids is 1. The number of carboxylic acid groups (broad SMARTS) is 1. The van der Waals surface area contributed by atoms with E-state index in [1.807, 2.05) is 18.2 Å². The fourth-order valence-corrected chi connectivity index (χ4v) is 3.07. The van der Waals surface area contributed by atoms with Crippen LogP contribution in [0.4, 0.5) is 0 Å². The smallest absolute Gasteiger partial charge is 0.358 e. The van der Waals surface area contributed by atoms with Gasteiger partial charge in [0.15, 0.2) is 5.69 Å². The van der Waals surface area contributed by atoms with Crippen molar-refractivity contribution in [3.05, 3.63) is 47.8 Å². The van der Waals surface area contributed by atoms with Gasteiger partial charge in [-0.1, -0.05) is 35.5 Å². The molecular weight excluding hydrogens is 324 g/mol. The van der Waals surface area contributed by atoms with Crippen LogP contribution in [-0.2, 0) is 21.5 Å². The molecule has 8 nitrogen and oxygen atoms in total. The van der Waals surface area contributed by atoms with Gasteiger partial charge in [0.25, 0.3) is 0 Å². The first kappa shape index (κ1) is 17.1. The van der Waals surface area contributed by atoms with E-state index >= 15 is 0 Å². The van der Waals surface area contributed by atoms with E-state index in [4.69, 9.17) is 9.84 Å². The van der Waals surface area contributed by atoms with E-state index in [0.29, 0.717) is 19.8 Å². The molecule has 2 N–H and O–H groups in total. The summed E-state index contributed by atoms with van der Waals surface area (Å²) in [5.74, 6) is -1.40. The fraction of sp³-hybridized carbons (Fsp3) is 0.412. The second-order valence-corrected chi connectivity index (χ2v) is 6.14. The first-order chi connectivity index (χ1) is 12.1. The van der Waals surface area contributed by atoms with Gasteiger partial charge in [-0.05, 0) is 18.4 Å². The molecule has 1 fully saturated rings. The van der Waals surface area contributed by atoms with Crippen LogP contribution in [0.5, 0.6) is 0 Å². The molecule has 0 unspecified atom stereocenters. The van der Waals surface area contributed by atoms with E-state index in [9.17, 15) is 9.59 Å². The van der Waals surface area contributed by atoms with Crippen molar-refractivity contribution in [1.82, 2.24) is 20.3 Å². The highest BCUT2D eigenvalue weighted by atomic mass is 16.5. The fourth-order valence-electron chi connectivity index (χ4n) is 3.07. The molecule has 1 amide bonds. The Morgan fingerprint density at radius 3 is 2.60 bits per heavy atom. The summed E-state index contributed by atoms with van der Waals surface area (Å²) in [7, 11) is 0. The van der Waals surface area contributed by atoms with Gasteiger partial charge in [-0.3, -0.25) is 4.79 Å². The summed E-state index contributed by atoms with van der Waals surface area (Å²) in [4.78, 5) is 23.0. The summed E-state index contributed by atoms with van der Waals surface area (Å²) in [6.07, 6.45) is 2.91. The minimum Gasteiger partial charge on any atom is -0.476 e. The third kappa shape index (κ3) is 4.03. The molecule has 1 aromatic carbocycles. The molecule has 0 atom stereocenters. The quantitative estimate of drug-likeness (QED) is 0.804. The number of carbonyl (C=O) groups is 2. The molecule has 25 heavy (non-hydrogen) atoms. The highest BCUT2D eigenvalue weighted by molar-refractivity contribution is 5.84. The zero-order valence-electron chi connectivity index (χ0n) is 13.7. The Labute approximate surface area is 144 Å². The lowest BCUT2D eigenvalue weighted by atomic mass is 9.74. The molecule has 1 aliphatic rings. The molecule has 8 heteroatoms. The van der Waals surface area contributed by atoms with Crippen LogP contribution in [0.3, 0.4) is 0 Å². The Morgan fingerprint density at radius 2 is 1.96 bits per heavy atom. The van der Waals surface area contributed by atoms with Gasteiger partial charge in [-0.2, -0.15) is 0 Å². The van der Waals surface area contributed by atoms with Crippen molar-refractivity contribution >= 4 is 11.9 Å². The molecule has 1 aromatic heterocycles. The monoisotopic (exact) mass is 344 g/mol. The predicted octanol–water partition coefficient (Wildman–Crippen LogP) is 0.841. The van der Waals surface area contributed by atoms with Crippen LogP contribution >= 0.6 is 0 Å². The standard InChI is InChI=1S/C17H20N4O4/c22-15(11-21-10-14(16(23)24)19-20-21)18-12-17(6-8-25-9-7-17)13-4-2-1-3-5-13/h1-5,10H,6-9,11-12H2,(H,18,22)(H,23,24). The molecule has 0 bridgehead atoms. The molecular formula is C17H20N4O4. The van der Waals surface area contributed by atoms with Crippen molar-refractivity contribution in [2.75, 3.05) is 19.8 Å². The molecule has 2 heterocycles. The number of hydrogen-bond acceptors (Lipinski definition) is 5. The zero-order valence-corrected chi connectivity index (χ0v) is 13.7. The molecule has 0 aliphatic carbocycles. The van der Waals surface area contributed by atoms with Crippen molar-refractivity contribution < 1.29 is 19.4 Å². The van der Waals surface area contributed by atoms with Crippen molar-refractivity contribution in [1.29, 1.82) is 0 Å². The van der Waals surface area contributed by atoms with Crippen LogP contribution in [0.2, 0.25) is 0 Å². The average Bonchev–Trinajstić information content (AvgIpc) is 3.10. The summed E-state index contributed by atoms with van der Waals surface area (Å²) in [6.45, 7) is 1.76. The Morgan fingerprint density at radius 1 is 1.24 bits per heavy atom. The Kier molecular flexibility index (Phi) is 5.08. The van der Waals surface area contributed by atoms with E-state index < -0.39 is 5.97 Å². The lowest BCUT2D eigenvalue weighted by molar-refractivity contribution is -0.122. The highest BCUT2D eigenvalue weighted by Crippen LogP contribution is 2.34. The van der Waals surface area contributed by atoms with Gasteiger partial charge in [-0.15, -0.1) is 5.10 Å². The second-order valence-electron chi connectivity index (χ2n) is 6.14. The summed E-state index contributed by atoms with van der Waals surface area (Å²) in [5.41, 5.74) is 0.856. The second kappa shape index (κ2) is 7.43. The molecule has 0 saturated carbocycles. The van der Waals surface area contributed by atoms with Gasteiger partial charge in [0.1, 0.15) is 6.54 Å². The highest BCUT2D eigenvalue weighted by Gasteiger charge is 2.34. The van der Waals surface area contributed by atoms with Crippen LogP contribution < -0.4 is 5.32 Å². The van der Waals surface area contributed by atoms with Crippen molar-refractivity contribution in [2.24, 2.45) is 0 Å². The predicted molar refractivity (Wildman–Crippen MR) is 88.2 cm³/mol. The number of ether oxygens (including phenoxy) is 1. The number of benzene rings is 1. The Hall–Kier alpha value is -2.74. The van der Waals surface area contributed by atoms with E-state index in [1.165, 1.54) is 16.4 Å². The normalized spacial score (nSPS) is 16.3. The van der Waals surface area contributed by atoms with E-state index in [2.05, 4.69) is 27.8 Å². The van der Waals surface area contributed by atoms with Gasteiger partial charge in [0.2, 0.25) is 5.91 Å². The van der Waals surface area contributed by atoms with Crippen LogP contribution in [0.1, 0.15) is 28.9 Å². The summed E-state index contributed by atoms with van der Waals surface area (Å²) in [6, 6.07) is 10.1. The number of aromatic nitrogens is 3. The number of carbonyl (C=O) groups excluding carboxylic acids is 1. The van der Waals surface area contributed by atoms with Gasteiger partial charge in [0, 0.05) is 25.2 Å². The lowest BCUT2D eigenvalue weighted by Gasteiger charge is -2.38. The molecule has 0 radical (unpaired) electrons. The zero-order chi connectivity index (χ0) is 17.7. The van der Waals surface area contributed by atoms with Crippen LogP contribution in [0.15, 0.2) is 36.5 Å².